The van der Waals surface area contributed by atoms with Crippen LogP contribution in [0.4, 0.5) is 18.9 Å². The molecule has 128 valence electrons. The molecule has 1 heterocycles. The number of anilines is 1. The number of carbonyl (C=O) groups excluding carboxylic acids is 1. The zero-order valence-electron chi connectivity index (χ0n) is 12.5. The summed E-state index contributed by atoms with van der Waals surface area (Å²) in [7, 11) is 0. The van der Waals surface area contributed by atoms with E-state index >= 15 is 0 Å². The summed E-state index contributed by atoms with van der Waals surface area (Å²) < 4.78 is 38.2. The molecule has 2 rings (SSSR count). The van der Waals surface area contributed by atoms with Gasteiger partial charge in [-0.05, 0) is 30.7 Å². The summed E-state index contributed by atoms with van der Waals surface area (Å²) in [5.74, 6) is -2.20. The van der Waals surface area contributed by atoms with Crippen LogP contribution in [0.5, 0.6) is 0 Å². The van der Waals surface area contributed by atoms with Crippen molar-refractivity contribution in [2.45, 2.75) is 25.6 Å². The van der Waals surface area contributed by atoms with Crippen LogP contribution in [-0.2, 0) is 22.3 Å². The predicted octanol–water partition coefficient (Wildman–Crippen LogP) is 2.73. The van der Waals surface area contributed by atoms with Gasteiger partial charge in [0.05, 0.1) is 5.92 Å². The van der Waals surface area contributed by atoms with E-state index in [9.17, 15) is 22.8 Å². The second-order valence-electron chi connectivity index (χ2n) is 5.13. The maximum atomic E-state index is 12.4. The first-order chi connectivity index (χ1) is 11.2. The molecule has 6 nitrogen and oxygen atoms in total. The lowest BCUT2D eigenvalue weighted by Gasteiger charge is -2.09. The molecule has 2 aromatic rings. The number of carboxylic acid groups (broad SMARTS) is 1. The summed E-state index contributed by atoms with van der Waals surface area (Å²) in [6, 6.07) is 6.96. The molecule has 1 atom stereocenters. The third-order valence-electron chi connectivity index (χ3n) is 3.30. The van der Waals surface area contributed by atoms with Crippen molar-refractivity contribution < 1.29 is 27.9 Å². The van der Waals surface area contributed by atoms with Crippen LogP contribution in [0.1, 0.15) is 24.1 Å². The molecule has 9 heteroatoms. The Morgan fingerprint density at radius 3 is 2.38 bits per heavy atom. The number of benzene rings is 1. The van der Waals surface area contributed by atoms with Crippen LogP contribution in [0.3, 0.4) is 0 Å². The fourth-order valence-electron chi connectivity index (χ4n) is 1.95. The van der Waals surface area contributed by atoms with Crippen molar-refractivity contribution in [2.75, 3.05) is 5.32 Å². The number of halogens is 3. The highest BCUT2D eigenvalue weighted by Gasteiger charge is 2.33. The van der Waals surface area contributed by atoms with Crippen LogP contribution in [0, 0.1) is 0 Å². The molecule has 1 amide bonds. The van der Waals surface area contributed by atoms with E-state index in [0.29, 0.717) is 11.3 Å². The Morgan fingerprint density at radius 2 is 1.88 bits per heavy atom. The zero-order valence-corrected chi connectivity index (χ0v) is 12.5. The van der Waals surface area contributed by atoms with Gasteiger partial charge < -0.3 is 10.4 Å². The van der Waals surface area contributed by atoms with E-state index < -0.39 is 29.7 Å². The first kappa shape index (κ1) is 17.5. The number of rotatable bonds is 5. The van der Waals surface area contributed by atoms with Crippen molar-refractivity contribution in [3.8, 4) is 0 Å². The van der Waals surface area contributed by atoms with E-state index in [1.165, 1.54) is 19.1 Å². The molecule has 0 bridgehead atoms. The van der Waals surface area contributed by atoms with E-state index in [1.807, 2.05) is 0 Å². The summed E-state index contributed by atoms with van der Waals surface area (Å²) >= 11 is 0. The van der Waals surface area contributed by atoms with Gasteiger partial charge in [-0.15, -0.1) is 0 Å². The number of hydrogen-bond donors (Lipinski definition) is 2. The number of aromatic nitrogens is 2. The molecule has 0 aliphatic carbocycles. The average molecular weight is 341 g/mol. The van der Waals surface area contributed by atoms with Crippen LogP contribution >= 0.6 is 0 Å². The number of nitrogens with one attached hydrogen (secondary N) is 1. The molecule has 1 aromatic carbocycles. The number of nitrogens with zero attached hydrogens (tertiary/aromatic N) is 2. The van der Waals surface area contributed by atoms with Crippen molar-refractivity contribution in [1.82, 2.24) is 9.78 Å². The van der Waals surface area contributed by atoms with E-state index in [2.05, 4.69) is 10.4 Å². The van der Waals surface area contributed by atoms with Crippen molar-refractivity contribution in [3.63, 3.8) is 0 Å². The van der Waals surface area contributed by atoms with Gasteiger partial charge in [0.2, 0.25) is 5.91 Å². The Bertz CT molecular complexity index is 738. The normalized spacial score (nSPS) is 12.7. The topological polar surface area (TPSA) is 84.2 Å². The fourth-order valence-corrected chi connectivity index (χ4v) is 1.95. The summed E-state index contributed by atoms with van der Waals surface area (Å²) in [6.45, 7) is 1.16. The van der Waals surface area contributed by atoms with Crippen LogP contribution < -0.4 is 5.32 Å². The lowest BCUT2D eigenvalue weighted by atomic mass is 10.0. The summed E-state index contributed by atoms with van der Waals surface area (Å²) in [5.41, 5.74) is -0.0887. The van der Waals surface area contributed by atoms with E-state index in [1.54, 1.807) is 12.1 Å². The number of alkyl halides is 3. The fraction of sp³-hybridized carbons (Fsp3) is 0.267. The van der Waals surface area contributed by atoms with Crippen LogP contribution in [0.2, 0.25) is 0 Å². The number of hydrogen-bond acceptors (Lipinski definition) is 3. The SMILES string of the molecule is CC(C(=O)O)c1ccc(NC(=O)Cn2ccc(C(F)(F)F)n2)cc1. The van der Waals surface area contributed by atoms with Gasteiger partial charge in [0.15, 0.2) is 5.69 Å². The first-order valence-corrected chi connectivity index (χ1v) is 6.90. The molecule has 1 unspecified atom stereocenters. The Kier molecular flexibility index (Phi) is 4.91. The van der Waals surface area contributed by atoms with Crippen molar-refractivity contribution in [2.24, 2.45) is 0 Å². The lowest BCUT2D eigenvalue weighted by Crippen LogP contribution is -2.19. The Balaban J connectivity index is 1.97. The minimum atomic E-state index is -4.56. The van der Waals surface area contributed by atoms with Crippen LogP contribution in [-0.4, -0.2) is 26.8 Å². The third-order valence-corrected chi connectivity index (χ3v) is 3.30. The lowest BCUT2D eigenvalue weighted by molar-refractivity contribution is -0.141. The summed E-state index contributed by atoms with van der Waals surface area (Å²) in [6.07, 6.45) is -3.49. The monoisotopic (exact) mass is 341 g/mol. The maximum absolute atomic E-state index is 12.4. The van der Waals surface area contributed by atoms with Gasteiger partial charge in [0, 0.05) is 11.9 Å². The number of carboxylic acids is 1. The van der Waals surface area contributed by atoms with Crippen LogP contribution in [0.15, 0.2) is 36.5 Å². The maximum Gasteiger partial charge on any atom is 0.435 e. The highest BCUT2D eigenvalue weighted by atomic mass is 19.4. The van der Waals surface area contributed by atoms with E-state index in [-0.39, 0.29) is 6.54 Å². The van der Waals surface area contributed by atoms with Gasteiger partial charge >= 0.3 is 12.1 Å². The van der Waals surface area contributed by atoms with E-state index in [4.69, 9.17) is 5.11 Å². The predicted molar refractivity (Wildman–Crippen MR) is 78.4 cm³/mol. The average Bonchev–Trinajstić information content (AvgIpc) is 2.95. The van der Waals surface area contributed by atoms with Gasteiger partial charge in [0.25, 0.3) is 0 Å². The Labute approximate surface area is 134 Å². The molecule has 0 saturated heterocycles. The van der Waals surface area contributed by atoms with Gasteiger partial charge in [-0.3, -0.25) is 14.3 Å². The van der Waals surface area contributed by atoms with Crippen molar-refractivity contribution in [3.05, 3.63) is 47.8 Å². The molecule has 0 spiro atoms. The van der Waals surface area contributed by atoms with Gasteiger partial charge in [-0.2, -0.15) is 18.3 Å². The van der Waals surface area contributed by atoms with Crippen LogP contribution in [0.25, 0.3) is 0 Å². The summed E-state index contributed by atoms with van der Waals surface area (Å²) in [4.78, 5) is 22.7. The Hall–Kier alpha value is -2.84. The minimum absolute atomic E-state index is 0.372. The quantitative estimate of drug-likeness (QED) is 0.876. The zero-order chi connectivity index (χ0) is 17.9. The molecular formula is C15H14F3N3O3. The largest absolute Gasteiger partial charge is 0.481 e. The van der Waals surface area contributed by atoms with Crippen molar-refractivity contribution >= 4 is 17.6 Å². The molecule has 24 heavy (non-hydrogen) atoms. The highest BCUT2D eigenvalue weighted by Crippen LogP contribution is 2.27. The molecule has 1 aromatic heterocycles. The van der Waals surface area contributed by atoms with Crippen molar-refractivity contribution in [1.29, 1.82) is 0 Å². The highest BCUT2D eigenvalue weighted by molar-refractivity contribution is 5.90. The second-order valence-corrected chi connectivity index (χ2v) is 5.13. The number of aliphatic carboxylic acids is 1. The third kappa shape index (κ3) is 4.34. The van der Waals surface area contributed by atoms with Gasteiger partial charge in [0.1, 0.15) is 6.54 Å². The molecule has 0 fully saturated rings. The molecule has 0 aliphatic rings. The smallest absolute Gasteiger partial charge is 0.435 e. The van der Waals surface area contributed by atoms with Gasteiger partial charge in [-0.25, -0.2) is 0 Å². The molecule has 0 radical (unpaired) electrons. The molecular weight excluding hydrogens is 327 g/mol. The van der Waals surface area contributed by atoms with Gasteiger partial charge in [-0.1, -0.05) is 12.1 Å². The summed E-state index contributed by atoms with van der Waals surface area (Å²) in [5, 5.41) is 14.7. The first-order valence-electron chi connectivity index (χ1n) is 6.90. The number of carbonyl (C=O) groups is 2. The minimum Gasteiger partial charge on any atom is -0.481 e. The molecule has 0 aliphatic heterocycles. The standard InChI is InChI=1S/C15H14F3N3O3/c1-9(14(23)24)10-2-4-11(5-3-10)19-13(22)8-21-7-6-12(20-21)15(16,17)18/h2-7,9H,8H2,1H3,(H,19,22)(H,23,24). The van der Waals surface area contributed by atoms with E-state index in [0.717, 1.165) is 16.9 Å². The number of amides is 1. The second kappa shape index (κ2) is 6.73. The molecule has 2 N–H and O–H groups in total. The molecule has 0 saturated carbocycles. The Morgan fingerprint density at radius 1 is 1.25 bits per heavy atom.